The predicted molar refractivity (Wildman–Crippen MR) is 63.8 cm³/mol. The van der Waals surface area contributed by atoms with Gasteiger partial charge in [-0.1, -0.05) is 51.4 Å². The Bertz CT molecular complexity index is 242. The van der Waals surface area contributed by atoms with Crippen molar-refractivity contribution in [3.05, 3.63) is 0 Å². The first-order valence-corrected chi connectivity index (χ1v) is 6.57. The van der Waals surface area contributed by atoms with Gasteiger partial charge in [-0.2, -0.15) is 0 Å². The lowest BCUT2D eigenvalue weighted by atomic mass is 9.85. The third-order valence-electron chi connectivity index (χ3n) is 3.68. The lowest BCUT2D eigenvalue weighted by Gasteiger charge is -2.21. The Hall–Kier alpha value is -1.06. The molecule has 0 heterocycles. The Kier molecular flexibility index (Phi) is 6.01. The normalized spacial score (nSPS) is 17.2. The van der Waals surface area contributed by atoms with Gasteiger partial charge in [-0.15, -0.1) is 0 Å². The molecule has 0 aromatic rings. The van der Waals surface area contributed by atoms with Crippen LogP contribution >= 0.6 is 0 Å². The lowest BCUT2D eigenvalue weighted by Crippen LogP contribution is -2.23. The summed E-state index contributed by atoms with van der Waals surface area (Å²) >= 11 is 0. The second kappa shape index (κ2) is 7.30. The summed E-state index contributed by atoms with van der Waals surface area (Å²) in [6.45, 7) is 0. The van der Waals surface area contributed by atoms with Crippen LogP contribution in [-0.4, -0.2) is 22.2 Å². The van der Waals surface area contributed by atoms with Crippen molar-refractivity contribution in [2.24, 2.45) is 11.8 Å². The third-order valence-corrected chi connectivity index (χ3v) is 3.68. The molecule has 4 heteroatoms. The smallest absolute Gasteiger partial charge is 0.317 e. The minimum atomic E-state index is -1.22. The van der Waals surface area contributed by atoms with Gasteiger partial charge in [0.05, 0.1) is 0 Å². The Labute approximate surface area is 102 Å². The van der Waals surface area contributed by atoms with E-state index in [1.165, 1.54) is 32.1 Å². The highest BCUT2D eigenvalue weighted by molar-refractivity contribution is 5.92. The van der Waals surface area contributed by atoms with E-state index in [9.17, 15) is 9.59 Å². The SMILES string of the molecule is O=C(O)C(CCCCC1CCCCC1)C(=O)O. The quantitative estimate of drug-likeness (QED) is 0.531. The van der Waals surface area contributed by atoms with Crippen LogP contribution in [0.4, 0.5) is 0 Å². The van der Waals surface area contributed by atoms with Gasteiger partial charge in [0.25, 0.3) is 0 Å². The summed E-state index contributed by atoms with van der Waals surface area (Å²) in [5.74, 6) is -2.86. The third kappa shape index (κ3) is 5.20. The topological polar surface area (TPSA) is 74.6 Å². The van der Waals surface area contributed by atoms with Gasteiger partial charge in [-0.05, 0) is 12.3 Å². The number of aliphatic carboxylic acids is 2. The van der Waals surface area contributed by atoms with Crippen LogP contribution in [0.2, 0.25) is 0 Å². The van der Waals surface area contributed by atoms with Crippen LogP contribution in [0.5, 0.6) is 0 Å². The second-order valence-electron chi connectivity index (χ2n) is 5.02. The van der Waals surface area contributed by atoms with E-state index in [4.69, 9.17) is 10.2 Å². The van der Waals surface area contributed by atoms with Crippen molar-refractivity contribution in [3.63, 3.8) is 0 Å². The molecule has 1 saturated carbocycles. The van der Waals surface area contributed by atoms with E-state index < -0.39 is 17.9 Å². The van der Waals surface area contributed by atoms with Crippen LogP contribution in [0.25, 0.3) is 0 Å². The fourth-order valence-corrected chi connectivity index (χ4v) is 2.61. The number of hydrogen-bond acceptors (Lipinski definition) is 2. The maximum atomic E-state index is 10.7. The molecule has 1 rings (SSSR count). The summed E-state index contributed by atoms with van der Waals surface area (Å²) in [6.07, 6.45) is 9.62. The van der Waals surface area contributed by atoms with Crippen molar-refractivity contribution in [1.82, 2.24) is 0 Å². The van der Waals surface area contributed by atoms with Crippen LogP contribution in [0.3, 0.4) is 0 Å². The second-order valence-corrected chi connectivity index (χ2v) is 5.02. The molecule has 1 aliphatic rings. The summed E-state index contributed by atoms with van der Waals surface area (Å²) in [4.78, 5) is 21.3. The highest BCUT2D eigenvalue weighted by Gasteiger charge is 2.24. The van der Waals surface area contributed by atoms with Gasteiger partial charge < -0.3 is 10.2 Å². The number of rotatable bonds is 7. The minimum absolute atomic E-state index is 0.261. The van der Waals surface area contributed by atoms with E-state index in [0.717, 1.165) is 18.8 Å². The van der Waals surface area contributed by atoms with Crippen LogP contribution in [-0.2, 0) is 9.59 Å². The molecule has 0 aromatic carbocycles. The van der Waals surface area contributed by atoms with Gasteiger partial charge in [0.2, 0.25) is 0 Å². The largest absolute Gasteiger partial charge is 0.481 e. The first-order chi connectivity index (χ1) is 8.11. The number of carbonyl (C=O) groups is 2. The monoisotopic (exact) mass is 242 g/mol. The van der Waals surface area contributed by atoms with Gasteiger partial charge >= 0.3 is 11.9 Å². The van der Waals surface area contributed by atoms with Gasteiger partial charge in [0.1, 0.15) is 0 Å². The maximum Gasteiger partial charge on any atom is 0.317 e. The molecule has 0 bridgehead atoms. The predicted octanol–water partition coefficient (Wildman–Crippen LogP) is 2.91. The Balaban J connectivity index is 2.13. The van der Waals surface area contributed by atoms with E-state index >= 15 is 0 Å². The Morgan fingerprint density at radius 2 is 1.59 bits per heavy atom. The van der Waals surface area contributed by atoms with Crippen LogP contribution in [0.15, 0.2) is 0 Å². The molecule has 0 atom stereocenters. The van der Waals surface area contributed by atoms with E-state index in [1.807, 2.05) is 0 Å². The summed E-state index contributed by atoms with van der Waals surface area (Å²) in [6, 6.07) is 0. The molecule has 1 aliphatic carbocycles. The van der Waals surface area contributed by atoms with Crippen LogP contribution < -0.4 is 0 Å². The minimum Gasteiger partial charge on any atom is -0.481 e. The van der Waals surface area contributed by atoms with Gasteiger partial charge in [0, 0.05) is 0 Å². The van der Waals surface area contributed by atoms with Crippen LogP contribution in [0.1, 0.15) is 57.8 Å². The summed E-state index contributed by atoms with van der Waals surface area (Å²) in [5, 5.41) is 17.4. The summed E-state index contributed by atoms with van der Waals surface area (Å²) in [5.41, 5.74) is 0. The van der Waals surface area contributed by atoms with E-state index in [2.05, 4.69) is 0 Å². The molecule has 1 fully saturated rings. The standard InChI is InChI=1S/C13H22O4/c14-12(15)11(13(16)17)9-5-4-8-10-6-2-1-3-7-10/h10-11H,1-9H2,(H,14,15)(H,16,17). The molecule has 2 N–H and O–H groups in total. The number of unbranched alkanes of at least 4 members (excludes halogenated alkanes) is 1. The van der Waals surface area contributed by atoms with Crippen molar-refractivity contribution in [1.29, 1.82) is 0 Å². The molecule has 0 aromatic heterocycles. The number of carboxylic acids is 2. The zero-order valence-corrected chi connectivity index (χ0v) is 10.2. The Morgan fingerprint density at radius 3 is 2.12 bits per heavy atom. The highest BCUT2D eigenvalue weighted by Crippen LogP contribution is 2.28. The highest BCUT2D eigenvalue weighted by atomic mass is 16.4. The average molecular weight is 242 g/mol. The molecule has 0 saturated heterocycles. The van der Waals surface area contributed by atoms with Crippen molar-refractivity contribution in [2.45, 2.75) is 57.8 Å². The molecular formula is C13H22O4. The fourth-order valence-electron chi connectivity index (χ4n) is 2.61. The van der Waals surface area contributed by atoms with E-state index in [-0.39, 0.29) is 6.42 Å². The first-order valence-electron chi connectivity index (χ1n) is 6.57. The molecule has 0 spiro atoms. The van der Waals surface area contributed by atoms with Crippen molar-refractivity contribution >= 4 is 11.9 Å². The van der Waals surface area contributed by atoms with Crippen molar-refractivity contribution < 1.29 is 19.8 Å². The zero-order chi connectivity index (χ0) is 12.7. The molecule has 4 nitrogen and oxygen atoms in total. The maximum absolute atomic E-state index is 10.7. The first kappa shape index (κ1) is 14.0. The van der Waals surface area contributed by atoms with Gasteiger partial charge in [-0.25, -0.2) is 0 Å². The lowest BCUT2D eigenvalue weighted by molar-refractivity contribution is -0.154. The van der Waals surface area contributed by atoms with Crippen molar-refractivity contribution in [3.8, 4) is 0 Å². The fraction of sp³-hybridized carbons (Fsp3) is 0.846. The summed E-state index contributed by atoms with van der Waals surface area (Å²) in [7, 11) is 0. The zero-order valence-electron chi connectivity index (χ0n) is 10.2. The summed E-state index contributed by atoms with van der Waals surface area (Å²) < 4.78 is 0. The number of carboxylic acid groups (broad SMARTS) is 2. The molecule has 0 radical (unpaired) electrons. The van der Waals surface area contributed by atoms with Gasteiger partial charge in [0.15, 0.2) is 5.92 Å². The van der Waals surface area contributed by atoms with Crippen LogP contribution in [0, 0.1) is 11.8 Å². The van der Waals surface area contributed by atoms with E-state index in [1.54, 1.807) is 0 Å². The molecule has 98 valence electrons. The van der Waals surface area contributed by atoms with Crippen molar-refractivity contribution in [2.75, 3.05) is 0 Å². The molecule has 0 unspecified atom stereocenters. The number of hydrogen-bond donors (Lipinski definition) is 2. The molecular weight excluding hydrogens is 220 g/mol. The molecule has 0 amide bonds. The molecule has 17 heavy (non-hydrogen) atoms. The molecule has 0 aliphatic heterocycles. The Morgan fingerprint density at radius 1 is 1.00 bits per heavy atom. The van der Waals surface area contributed by atoms with Gasteiger partial charge in [-0.3, -0.25) is 9.59 Å². The van der Waals surface area contributed by atoms with E-state index in [0.29, 0.717) is 6.42 Å². The average Bonchev–Trinajstić information content (AvgIpc) is 2.29.